The maximum absolute atomic E-state index is 9.62. The van der Waals surface area contributed by atoms with E-state index < -0.39 is 6.10 Å². The molecule has 3 heteroatoms. The average Bonchev–Trinajstić information content (AvgIpc) is 2.47. The van der Waals surface area contributed by atoms with E-state index in [0.29, 0.717) is 0 Å². The lowest BCUT2D eigenvalue weighted by molar-refractivity contribution is 0.203. The number of aliphatic hydroxyl groups excluding tert-OH is 1. The molecule has 19 heavy (non-hydrogen) atoms. The molecule has 0 radical (unpaired) electrons. The van der Waals surface area contributed by atoms with Crippen LogP contribution < -0.4 is 0 Å². The lowest BCUT2D eigenvalue weighted by atomic mass is 9.94. The Bertz CT molecular complexity index is 446. The highest BCUT2D eigenvalue weighted by Crippen LogP contribution is 2.21. The molecule has 2 atom stereocenters. The van der Waals surface area contributed by atoms with Gasteiger partial charge < -0.3 is 5.11 Å². The second-order valence-corrected chi connectivity index (χ2v) is 5.44. The zero-order valence-corrected chi connectivity index (χ0v) is 11.5. The van der Waals surface area contributed by atoms with Crippen molar-refractivity contribution in [3.8, 4) is 6.07 Å². The van der Waals surface area contributed by atoms with Crippen molar-refractivity contribution in [2.45, 2.75) is 44.8 Å². The Morgan fingerprint density at radius 1 is 1.32 bits per heavy atom. The molecule has 1 N–H and O–H groups in total. The second kappa shape index (κ2) is 6.70. The Labute approximate surface area is 115 Å². The Morgan fingerprint density at radius 3 is 2.74 bits per heavy atom. The van der Waals surface area contributed by atoms with Gasteiger partial charge >= 0.3 is 0 Å². The molecule has 0 spiro atoms. The maximum atomic E-state index is 9.62. The number of benzene rings is 1. The molecule has 0 amide bonds. The summed E-state index contributed by atoms with van der Waals surface area (Å²) in [6, 6.07) is 10.2. The fourth-order valence-electron chi connectivity index (χ4n) is 2.64. The molecule has 1 aliphatic heterocycles. The highest BCUT2D eigenvalue weighted by Gasteiger charge is 2.16. The van der Waals surface area contributed by atoms with Gasteiger partial charge in [-0.2, -0.15) is 5.26 Å². The molecule has 102 valence electrons. The van der Waals surface area contributed by atoms with E-state index in [0.717, 1.165) is 12.1 Å². The predicted octanol–water partition coefficient (Wildman–Crippen LogP) is 2.66. The topological polar surface area (TPSA) is 47.3 Å². The van der Waals surface area contributed by atoms with Crippen molar-refractivity contribution < 1.29 is 5.11 Å². The standard InChI is InChI=1S/C16H22N2O/c1-13(16(19)11-17)15-7-5-6-14(10-15)12-18-8-3-2-4-9-18/h5-7,10,13,16,19H,2-4,8-9,12H2,1H3. The van der Waals surface area contributed by atoms with Crippen molar-refractivity contribution in [3.63, 3.8) is 0 Å². The number of piperidine rings is 1. The highest BCUT2D eigenvalue weighted by atomic mass is 16.3. The summed E-state index contributed by atoms with van der Waals surface area (Å²) in [6.45, 7) is 5.23. The smallest absolute Gasteiger partial charge is 0.147 e. The van der Waals surface area contributed by atoms with Crippen LogP contribution in [0, 0.1) is 11.3 Å². The number of likely N-dealkylation sites (tertiary alicyclic amines) is 1. The molecule has 1 aromatic rings. The van der Waals surface area contributed by atoms with E-state index in [-0.39, 0.29) is 5.92 Å². The fourth-order valence-corrected chi connectivity index (χ4v) is 2.64. The van der Waals surface area contributed by atoms with Gasteiger partial charge in [-0.05, 0) is 37.1 Å². The van der Waals surface area contributed by atoms with Gasteiger partial charge in [0.1, 0.15) is 6.10 Å². The summed E-state index contributed by atoms with van der Waals surface area (Å²) in [6.07, 6.45) is 3.01. The lowest BCUT2D eigenvalue weighted by Crippen LogP contribution is -2.29. The average molecular weight is 258 g/mol. The number of hydrogen-bond acceptors (Lipinski definition) is 3. The van der Waals surface area contributed by atoms with Gasteiger partial charge in [0.25, 0.3) is 0 Å². The minimum atomic E-state index is -0.926. The van der Waals surface area contributed by atoms with Gasteiger partial charge in [-0.3, -0.25) is 4.90 Å². The molecule has 0 saturated carbocycles. The van der Waals surface area contributed by atoms with Gasteiger partial charge in [0.05, 0.1) is 6.07 Å². The van der Waals surface area contributed by atoms with Crippen LogP contribution in [0.15, 0.2) is 24.3 Å². The molecule has 2 rings (SSSR count). The molecule has 0 bridgehead atoms. The zero-order valence-electron chi connectivity index (χ0n) is 11.5. The number of nitrogens with zero attached hydrogens (tertiary/aromatic N) is 2. The lowest BCUT2D eigenvalue weighted by Gasteiger charge is -2.26. The summed E-state index contributed by atoms with van der Waals surface area (Å²) < 4.78 is 0. The van der Waals surface area contributed by atoms with Gasteiger partial charge in [-0.25, -0.2) is 0 Å². The van der Waals surface area contributed by atoms with Crippen LogP contribution in [0.25, 0.3) is 0 Å². The van der Waals surface area contributed by atoms with E-state index in [4.69, 9.17) is 5.26 Å². The SMILES string of the molecule is CC(c1cccc(CN2CCCCC2)c1)C(O)C#N. The third-order valence-electron chi connectivity index (χ3n) is 3.94. The monoisotopic (exact) mass is 258 g/mol. The zero-order chi connectivity index (χ0) is 13.7. The first-order chi connectivity index (χ1) is 9.20. The Kier molecular flexibility index (Phi) is 4.95. The van der Waals surface area contributed by atoms with Gasteiger partial charge in [-0.15, -0.1) is 0 Å². The molecule has 0 aliphatic carbocycles. The Morgan fingerprint density at radius 2 is 2.05 bits per heavy atom. The summed E-state index contributed by atoms with van der Waals surface area (Å²) in [5, 5.41) is 18.4. The molecule has 0 aromatic heterocycles. The van der Waals surface area contributed by atoms with E-state index in [2.05, 4.69) is 17.0 Å². The second-order valence-electron chi connectivity index (χ2n) is 5.44. The van der Waals surface area contributed by atoms with Crippen LogP contribution in [0.5, 0.6) is 0 Å². The number of rotatable bonds is 4. The van der Waals surface area contributed by atoms with Crippen molar-refractivity contribution in [1.82, 2.24) is 4.90 Å². The third-order valence-corrected chi connectivity index (χ3v) is 3.94. The van der Waals surface area contributed by atoms with Crippen molar-refractivity contribution in [1.29, 1.82) is 5.26 Å². The van der Waals surface area contributed by atoms with Crippen molar-refractivity contribution in [2.24, 2.45) is 0 Å². The molecule has 1 saturated heterocycles. The van der Waals surface area contributed by atoms with E-state index >= 15 is 0 Å². The van der Waals surface area contributed by atoms with Crippen LogP contribution in [-0.2, 0) is 6.54 Å². The maximum Gasteiger partial charge on any atom is 0.147 e. The molecular formula is C16H22N2O. The van der Waals surface area contributed by atoms with Crippen molar-refractivity contribution >= 4 is 0 Å². The quantitative estimate of drug-likeness (QED) is 0.845. The minimum Gasteiger partial charge on any atom is -0.378 e. The Balaban J connectivity index is 2.04. The number of aliphatic hydroxyl groups is 1. The van der Waals surface area contributed by atoms with E-state index in [1.54, 1.807) is 0 Å². The van der Waals surface area contributed by atoms with Gasteiger partial charge in [-0.1, -0.05) is 37.6 Å². The molecular weight excluding hydrogens is 236 g/mol. The van der Waals surface area contributed by atoms with Crippen LogP contribution in [0.1, 0.15) is 43.2 Å². The highest BCUT2D eigenvalue weighted by molar-refractivity contribution is 5.28. The molecule has 2 unspecified atom stereocenters. The van der Waals surface area contributed by atoms with Crippen LogP contribution in [0.4, 0.5) is 0 Å². The van der Waals surface area contributed by atoms with E-state index in [1.165, 1.54) is 37.9 Å². The van der Waals surface area contributed by atoms with Gasteiger partial charge in [0.15, 0.2) is 0 Å². The van der Waals surface area contributed by atoms with Gasteiger partial charge in [0.2, 0.25) is 0 Å². The first-order valence-electron chi connectivity index (χ1n) is 7.09. The molecule has 1 heterocycles. The van der Waals surface area contributed by atoms with Crippen LogP contribution in [0.2, 0.25) is 0 Å². The van der Waals surface area contributed by atoms with Crippen LogP contribution in [-0.4, -0.2) is 29.2 Å². The molecule has 1 aliphatic rings. The van der Waals surface area contributed by atoms with Crippen LogP contribution >= 0.6 is 0 Å². The van der Waals surface area contributed by atoms with Crippen molar-refractivity contribution in [3.05, 3.63) is 35.4 Å². The van der Waals surface area contributed by atoms with E-state index in [1.807, 2.05) is 25.1 Å². The van der Waals surface area contributed by atoms with Crippen LogP contribution in [0.3, 0.4) is 0 Å². The fraction of sp³-hybridized carbons (Fsp3) is 0.562. The minimum absolute atomic E-state index is 0.133. The Hall–Kier alpha value is -1.37. The number of nitriles is 1. The summed E-state index contributed by atoms with van der Waals surface area (Å²) in [7, 11) is 0. The normalized spacial score (nSPS) is 19.6. The summed E-state index contributed by atoms with van der Waals surface area (Å²) >= 11 is 0. The number of hydrogen-bond donors (Lipinski definition) is 1. The third kappa shape index (κ3) is 3.79. The summed E-state index contributed by atoms with van der Waals surface area (Å²) in [4.78, 5) is 2.48. The first-order valence-corrected chi connectivity index (χ1v) is 7.09. The first kappa shape index (κ1) is 14.0. The predicted molar refractivity (Wildman–Crippen MR) is 75.6 cm³/mol. The molecule has 3 nitrogen and oxygen atoms in total. The molecule has 1 fully saturated rings. The molecule has 1 aromatic carbocycles. The van der Waals surface area contributed by atoms with Gasteiger partial charge in [0, 0.05) is 12.5 Å². The van der Waals surface area contributed by atoms with E-state index in [9.17, 15) is 5.11 Å². The largest absolute Gasteiger partial charge is 0.378 e. The van der Waals surface area contributed by atoms with Crippen molar-refractivity contribution in [2.75, 3.05) is 13.1 Å². The summed E-state index contributed by atoms with van der Waals surface area (Å²) in [5.41, 5.74) is 2.32. The summed E-state index contributed by atoms with van der Waals surface area (Å²) in [5.74, 6) is -0.133.